The first-order chi connectivity index (χ1) is 10.2. The average molecular weight is 398 g/mol. The molecule has 0 radical (unpaired) electrons. The second kappa shape index (κ2) is 6.97. The molecule has 0 bridgehead atoms. The molecule has 2 nitrogen and oxygen atoms in total. The number of hydrogen-bond donors (Lipinski definition) is 1. The van der Waals surface area contributed by atoms with Crippen LogP contribution in [0.25, 0.3) is 0 Å². The smallest absolute Gasteiger partial charge is 0.0309 e. The monoisotopic (exact) mass is 398 g/mol. The van der Waals surface area contributed by atoms with E-state index in [1.807, 2.05) is 0 Å². The van der Waals surface area contributed by atoms with E-state index < -0.39 is 0 Å². The fourth-order valence-corrected chi connectivity index (χ4v) is 4.29. The van der Waals surface area contributed by atoms with E-state index in [0.29, 0.717) is 11.6 Å². The van der Waals surface area contributed by atoms with E-state index in [4.69, 9.17) is 0 Å². The third-order valence-corrected chi connectivity index (χ3v) is 6.02. The summed E-state index contributed by atoms with van der Waals surface area (Å²) in [5, 5.41) is 3.91. The van der Waals surface area contributed by atoms with Crippen molar-refractivity contribution < 1.29 is 0 Å². The van der Waals surface area contributed by atoms with Crippen LogP contribution < -0.4 is 5.32 Å². The highest BCUT2D eigenvalue weighted by Crippen LogP contribution is 2.32. The Kier molecular flexibility index (Phi) is 5.23. The lowest BCUT2D eigenvalue weighted by Crippen LogP contribution is -2.53. The molecule has 1 aliphatic heterocycles. The molecule has 1 atom stereocenters. The second-order valence-corrected chi connectivity index (χ2v) is 8.18. The van der Waals surface area contributed by atoms with Gasteiger partial charge in [0.05, 0.1) is 0 Å². The van der Waals surface area contributed by atoms with Gasteiger partial charge < -0.3 is 5.32 Å². The van der Waals surface area contributed by atoms with Crippen LogP contribution in [0.1, 0.15) is 51.0 Å². The molecule has 2 aliphatic rings. The van der Waals surface area contributed by atoms with E-state index in [1.165, 1.54) is 60.7 Å². The van der Waals surface area contributed by atoms with Crippen molar-refractivity contribution in [2.75, 3.05) is 13.1 Å². The minimum absolute atomic E-state index is 0.395. The van der Waals surface area contributed by atoms with Gasteiger partial charge in [-0.3, -0.25) is 4.90 Å². The summed E-state index contributed by atoms with van der Waals surface area (Å²) in [6, 6.07) is 9.72. The van der Waals surface area contributed by atoms with Crippen LogP contribution in [0, 0.1) is 3.57 Å². The van der Waals surface area contributed by atoms with Gasteiger partial charge in [-0.25, -0.2) is 0 Å². The summed E-state index contributed by atoms with van der Waals surface area (Å²) in [6.45, 7) is 5.91. The average Bonchev–Trinajstić information content (AvgIpc) is 2.63. The molecule has 1 unspecified atom stereocenters. The zero-order valence-corrected chi connectivity index (χ0v) is 15.2. The third kappa shape index (κ3) is 3.99. The molecule has 1 spiro atoms. The molecule has 3 rings (SSSR count). The quantitative estimate of drug-likeness (QED) is 0.753. The Balaban J connectivity index is 1.73. The highest BCUT2D eigenvalue weighted by Gasteiger charge is 2.36. The van der Waals surface area contributed by atoms with Crippen LogP contribution in [0.3, 0.4) is 0 Å². The largest absolute Gasteiger partial charge is 0.310 e. The van der Waals surface area contributed by atoms with Gasteiger partial charge in [0.2, 0.25) is 0 Å². The Labute approximate surface area is 142 Å². The molecule has 1 N–H and O–H groups in total. The second-order valence-electron chi connectivity index (χ2n) is 6.94. The summed E-state index contributed by atoms with van der Waals surface area (Å²) in [7, 11) is 0. The number of halogens is 1. The fraction of sp³-hybridized carbons (Fsp3) is 0.667. The highest BCUT2D eigenvalue weighted by atomic mass is 127. The summed E-state index contributed by atoms with van der Waals surface area (Å²) >= 11 is 2.38. The van der Waals surface area contributed by atoms with Crippen molar-refractivity contribution in [2.45, 2.75) is 63.6 Å². The molecule has 0 aromatic heterocycles. The first-order valence-electron chi connectivity index (χ1n) is 8.40. The van der Waals surface area contributed by atoms with Gasteiger partial charge in [0.25, 0.3) is 0 Å². The van der Waals surface area contributed by atoms with E-state index in [9.17, 15) is 0 Å². The molecule has 1 saturated heterocycles. The van der Waals surface area contributed by atoms with E-state index >= 15 is 0 Å². The fourth-order valence-electron chi connectivity index (χ4n) is 3.93. The van der Waals surface area contributed by atoms with Crippen molar-refractivity contribution in [3.05, 3.63) is 33.4 Å². The van der Waals surface area contributed by atoms with Gasteiger partial charge in [-0.1, -0.05) is 31.4 Å². The summed E-state index contributed by atoms with van der Waals surface area (Å²) in [5.74, 6) is 0. The normalized spacial score (nSPS) is 26.7. The van der Waals surface area contributed by atoms with E-state index in [0.717, 1.165) is 6.54 Å². The Morgan fingerprint density at radius 2 is 1.90 bits per heavy atom. The molecule has 21 heavy (non-hydrogen) atoms. The van der Waals surface area contributed by atoms with Gasteiger partial charge in [-0.2, -0.15) is 0 Å². The first kappa shape index (κ1) is 15.8. The van der Waals surface area contributed by atoms with Gasteiger partial charge in [0, 0.05) is 28.2 Å². The van der Waals surface area contributed by atoms with Crippen LogP contribution >= 0.6 is 22.6 Å². The van der Waals surface area contributed by atoms with Crippen LogP contribution in [-0.4, -0.2) is 29.6 Å². The highest BCUT2D eigenvalue weighted by molar-refractivity contribution is 14.1. The molecule has 1 heterocycles. The van der Waals surface area contributed by atoms with Crippen LogP contribution in [-0.2, 0) is 6.54 Å². The molecule has 1 aromatic rings. The van der Waals surface area contributed by atoms with Gasteiger partial charge >= 0.3 is 0 Å². The van der Waals surface area contributed by atoms with Crippen LogP contribution in [0.4, 0.5) is 0 Å². The van der Waals surface area contributed by atoms with Gasteiger partial charge in [-0.15, -0.1) is 0 Å². The number of benzene rings is 1. The Hall–Kier alpha value is -0.130. The molecule has 1 aliphatic carbocycles. The third-order valence-electron chi connectivity index (χ3n) is 5.30. The van der Waals surface area contributed by atoms with E-state index in [1.54, 1.807) is 0 Å². The number of nitrogens with zero attached hydrogens (tertiary/aromatic N) is 1. The van der Waals surface area contributed by atoms with Crippen molar-refractivity contribution in [1.82, 2.24) is 10.2 Å². The van der Waals surface area contributed by atoms with Crippen LogP contribution in [0.2, 0.25) is 0 Å². The molecule has 116 valence electrons. The summed E-state index contributed by atoms with van der Waals surface area (Å²) in [6.07, 6.45) is 8.23. The molecule has 1 aromatic carbocycles. The number of rotatable bonds is 2. The minimum Gasteiger partial charge on any atom is -0.310 e. The molecular weight excluding hydrogens is 371 g/mol. The predicted octanol–water partition coefficient (Wildman–Crippen LogP) is 4.18. The Morgan fingerprint density at radius 3 is 2.62 bits per heavy atom. The topological polar surface area (TPSA) is 15.3 Å². The number of hydrogen-bond acceptors (Lipinski definition) is 2. The van der Waals surface area contributed by atoms with Crippen molar-refractivity contribution in [2.24, 2.45) is 0 Å². The Bertz CT molecular complexity index is 451. The zero-order valence-electron chi connectivity index (χ0n) is 13.1. The maximum Gasteiger partial charge on any atom is 0.0309 e. The maximum atomic E-state index is 3.91. The molecule has 0 amide bonds. The van der Waals surface area contributed by atoms with E-state index in [2.05, 4.69) is 64.0 Å². The summed E-state index contributed by atoms with van der Waals surface area (Å²) in [4.78, 5) is 2.72. The van der Waals surface area contributed by atoms with Crippen LogP contribution in [0.5, 0.6) is 0 Å². The molecule has 3 heteroatoms. The lowest BCUT2D eigenvalue weighted by Gasteiger charge is -2.41. The maximum absolute atomic E-state index is 3.91. The van der Waals surface area contributed by atoms with Gasteiger partial charge in [0.15, 0.2) is 0 Å². The first-order valence-corrected chi connectivity index (χ1v) is 9.48. The predicted molar refractivity (Wildman–Crippen MR) is 97.5 cm³/mol. The molecule has 2 fully saturated rings. The minimum atomic E-state index is 0.395. The lowest BCUT2D eigenvalue weighted by molar-refractivity contribution is 0.131. The standard InChI is InChI=1S/C18H27IN2/c1-15-9-12-20-18(10-3-2-4-11-18)14-21(15)13-16-5-7-17(19)8-6-16/h5-8,15,20H,2-4,9-14H2,1H3. The van der Waals surface area contributed by atoms with Gasteiger partial charge in [0.1, 0.15) is 0 Å². The van der Waals surface area contributed by atoms with Crippen molar-refractivity contribution >= 4 is 22.6 Å². The van der Waals surface area contributed by atoms with Gasteiger partial charge in [-0.05, 0) is 73.0 Å². The van der Waals surface area contributed by atoms with Crippen molar-refractivity contribution in [1.29, 1.82) is 0 Å². The molecule has 1 saturated carbocycles. The van der Waals surface area contributed by atoms with Crippen molar-refractivity contribution in [3.63, 3.8) is 0 Å². The lowest BCUT2D eigenvalue weighted by atomic mass is 9.81. The Morgan fingerprint density at radius 1 is 1.19 bits per heavy atom. The summed E-state index contributed by atoms with van der Waals surface area (Å²) < 4.78 is 1.32. The van der Waals surface area contributed by atoms with Crippen LogP contribution in [0.15, 0.2) is 24.3 Å². The van der Waals surface area contributed by atoms with Crippen molar-refractivity contribution in [3.8, 4) is 0 Å². The number of nitrogens with one attached hydrogen (secondary N) is 1. The summed E-state index contributed by atoms with van der Waals surface area (Å²) in [5.41, 5.74) is 1.85. The SMILES string of the molecule is CC1CCNC2(CCCCC2)CN1Cc1ccc(I)cc1. The van der Waals surface area contributed by atoms with E-state index in [-0.39, 0.29) is 0 Å². The zero-order chi connectivity index (χ0) is 14.7. The molecular formula is C18H27IN2.